The van der Waals surface area contributed by atoms with E-state index in [0.29, 0.717) is 0 Å². The van der Waals surface area contributed by atoms with Crippen molar-refractivity contribution in [3.63, 3.8) is 0 Å². The highest BCUT2D eigenvalue weighted by Gasteiger charge is 2.40. The van der Waals surface area contributed by atoms with Crippen LogP contribution in [0.3, 0.4) is 0 Å². The lowest BCUT2D eigenvalue weighted by Gasteiger charge is -2.12. The van der Waals surface area contributed by atoms with Gasteiger partial charge in [0, 0.05) is 0 Å². The molecule has 102 valence electrons. The largest absolute Gasteiger partial charge is 0.421 e. The van der Waals surface area contributed by atoms with Crippen molar-refractivity contribution in [2.45, 2.75) is 6.18 Å². The second-order valence-electron chi connectivity index (χ2n) is 3.47. The summed E-state index contributed by atoms with van der Waals surface area (Å²) in [5.41, 5.74) is -7.88. The van der Waals surface area contributed by atoms with E-state index < -0.39 is 51.3 Å². The van der Waals surface area contributed by atoms with Crippen LogP contribution in [0.2, 0.25) is 0 Å². The summed E-state index contributed by atoms with van der Waals surface area (Å²) in [6.45, 7) is 0. The van der Waals surface area contributed by atoms with Gasteiger partial charge in [-0.3, -0.25) is 9.59 Å². The Balaban J connectivity index is 3.16. The minimum atomic E-state index is -5.39. The van der Waals surface area contributed by atoms with Crippen molar-refractivity contribution in [1.29, 1.82) is 0 Å². The van der Waals surface area contributed by atoms with Gasteiger partial charge in [0.2, 0.25) is 0 Å². The second-order valence-corrected chi connectivity index (χ2v) is 3.47. The van der Waals surface area contributed by atoms with Crippen LogP contribution in [0.4, 0.5) is 26.3 Å². The molecule has 0 atom stereocenters. The fourth-order valence-corrected chi connectivity index (χ4v) is 1.51. The first-order chi connectivity index (χ1) is 8.64. The Kier molecular flexibility index (Phi) is 2.68. The third kappa shape index (κ3) is 1.88. The fraction of sp³-hybridized carbons (Fsp3) is 0.111. The van der Waals surface area contributed by atoms with E-state index in [9.17, 15) is 35.9 Å². The molecule has 0 unspecified atom stereocenters. The molecule has 0 fully saturated rings. The molecule has 2 N–H and O–H groups in total. The zero-order valence-corrected chi connectivity index (χ0v) is 8.58. The normalized spacial score (nSPS) is 12.1. The Bertz CT molecular complexity index is 788. The average Bonchev–Trinajstić information content (AvgIpc) is 2.28. The first-order valence-electron chi connectivity index (χ1n) is 4.54. The van der Waals surface area contributed by atoms with Gasteiger partial charge in [-0.2, -0.15) is 13.2 Å². The highest BCUT2D eigenvalue weighted by Crippen LogP contribution is 2.37. The van der Waals surface area contributed by atoms with Crippen LogP contribution in [0.15, 0.2) is 9.59 Å². The van der Waals surface area contributed by atoms with Gasteiger partial charge in [0.25, 0.3) is 0 Å². The number of halogens is 6. The van der Waals surface area contributed by atoms with Gasteiger partial charge in [0.05, 0.1) is 5.52 Å². The molecule has 10 heteroatoms. The molecule has 1 aromatic heterocycles. The van der Waals surface area contributed by atoms with Gasteiger partial charge in [0.15, 0.2) is 17.5 Å². The van der Waals surface area contributed by atoms with Gasteiger partial charge < -0.3 is 9.97 Å². The van der Waals surface area contributed by atoms with Crippen LogP contribution in [0, 0.1) is 17.5 Å². The summed E-state index contributed by atoms with van der Waals surface area (Å²) in [5, 5.41) is 0. The summed E-state index contributed by atoms with van der Waals surface area (Å²) < 4.78 is 77.2. The second kappa shape index (κ2) is 3.87. The number of benzene rings is 1. The summed E-state index contributed by atoms with van der Waals surface area (Å²) in [4.78, 5) is 24.6. The third-order valence-corrected chi connectivity index (χ3v) is 2.29. The predicted molar refractivity (Wildman–Crippen MR) is 50.1 cm³/mol. The van der Waals surface area contributed by atoms with Crippen LogP contribution in [0.25, 0.3) is 11.0 Å². The maximum absolute atomic E-state index is 13.3. The molecule has 4 nitrogen and oxygen atoms in total. The Morgan fingerprint density at radius 1 is 0.737 bits per heavy atom. The van der Waals surface area contributed by atoms with E-state index in [2.05, 4.69) is 0 Å². The summed E-state index contributed by atoms with van der Waals surface area (Å²) in [5.74, 6) is -6.93. The molecule has 0 aliphatic heterocycles. The number of aromatic nitrogens is 2. The van der Waals surface area contributed by atoms with E-state index in [-0.39, 0.29) is 0 Å². The number of hydrogen-bond donors (Lipinski definition) is 2. The number of nitrogens with one attached hydrogen (secondary N) is 2. The lowest BCUT2D eigenvalue weighted by Crippen LogP contribution is -2.30. The van der Waals surface area contributed by atoms with Crippen LogP contribution >= 0.6 is 0 Å². The average molecular weight is 284 g/mol. The Morgan fingerprint density at radius 3 is 1.68 bits per heavy atom. The van der Waals surface area contributed by atoms with Gasteiger partial charge in [-0.15, -0.1) is 0 Å². The van der Waals surface area contributed by atoms with Crippen LogP contribution in [-0.2, 0) is 6.18 Å². The molecule has 1 aromatic carbocycles. The summed E-state index contributed by atoms with van der Waals surface area (Å²) in [6, 6.07) is 0. The number of rotatable bonds is 0. The zero-order valence-electron chi connectivity index (χ0n) is 8.58. The van der Waals surface area contributed by atoms with E-state index in [0.717, 1.165) is 0 Å². The van der Waals surface area contributed by atoms with Crippen molar-refractivity contribution in [3.05, 3.63) is 43.7 Å². The number of aromatic amines is 2. The van der Waals surface area contributed by atoms with Crippen molar-refractivity contribution in [3.8, 4) is 0 Å². The molecule has 0 saturated carbocycles. The summed E-state index contributed by atoms with van der Waals surface area (Å²) in [6.07, 6.45) is -5.39. The lowest BCUT2D eigenvalue weighted by molar-refractivity contribution is -0.139. The number of H-pyrrole nitrogens is 2. The van der Waals surface area contributed by atoms with Gasteiger partial charge in [-0.25, -0.2) is 13.2 Å². The molecule has 0 spiro atoms. The quantitative estimate of drug-likeness (QED) is 0.439. The summed E-state index contributed by atoms with van der Waals surface area (Å²) in [7, 11) is 0. The number of alkyl halides is 3. The van der Waals surface area contributed by atoms with Crippen molar-refractivity contribution in [2.24, 2.45) is 0 Å². The Morgan fingerprint density at radius 2 is 1.21 bits per heavy atom. The van der Waals surface area contributed by atoms with E-state index in [1.165, 1.54) is 9.97 Å². The first kappa shape index (κ1) is 13.2. The molecular weight excluding hydrogens is 282 g/mol. The van der Waals surface area contributed by atoms with Crippen LogP contribution < -0.4 is 11.1 Å². The SMILES string of the molecule is O=c1[nH]c2c(F)c(F)c(F)c(C(F)(F)F)c2[nH]c1=O. The fourth-order valence-electron chi connectivity index (χ4n) is 1.51. The van der Waals surface area contributed by atoms with E-state index in [1.54, 1.807) is 0 Å². The third-order valence-electron chi connectivity index (χ3n) is 2.29. The Hall–Kier alpha value is -2.26. The van der Waals surface area contributed by atoms with E-state index in [1.807, 2.05) is 0 Å². The monoisotopic (exact) mass is 284 g/mol. The smallest absolute Gasteiger partial charge is 0.315 e. The molecule has 0 aliphatic carbocycles. The molecular formula is C9H2F6N2O2. The van der Waals surface area contributed by atoms with Crippen LogP contribution in [0.5, 0.6) is 0 Å². The molecule has 0 aliphatic rings. The lowest BCUT2D eigenvalue weighted by atomic mass is 10.1. The van der Waals surface area contributed by atoms with Crippen LogP contribution in [-0.4, -0.2) is 9.97 Å². The number of hydrogen-bond acceptors (Lipinski definition) is 2. The molecule has 19 heavy (non-hydrogen) atoms. The number of fused-ring (bicyclic) bond motifs is 1. The van der Waals surface area contributed by atoms with E-state index in [4.69, 9.17) is 0 Å². The minimum absolute atomic E-state index is 1.27. The van der Waals surface area contributed by atoms with E-state index >= 15 is 0 Å². The first-order valence-corrected chi connectivity index (χ1v) is 4.54. The highest BCUT2D eigenvalue weighted by atomic mass is 19.4. The Labute approximate surface area is 98.2 Å². The predicted octanol–water partition coefficient (Wildman–Crippen LogP) is 1.65. The standard InChI is InChI=1S/C9H2F6N2O2/c10-2-1(9(13,14)15)5-6(4(12)3(2)11)17-8(19)7(18)16-5/h(H,16,18)(H,17,19). The summed E-state index contributed by atoms with van der Waals surface area (Å²) >= 11 is 0. The van der Waals surface area contributed by atoms with Crippen LogP contribution in [0.1, 0.15) is 5.56 Å². The topological polar surface area (TPSA) is 65.7 Å². The molecule has 0 amide bonds. The maximum atomic E-state index is 13.3. The molecule has 0 bridgehead atoms. The molecule has 1 heterocycles. The molecule has 0 saturated heterocycles. The molecule has 2 aromatic rings. The minimum Gasteiger partial charge on any atom is -0.315 e. The highest BCUT2D eigenvalue weighted by molar-refractivity contribution is 5.79. The van der Waals surface area contributed by atoms with Gasteiger partial charge >= 0.3 is 17.3 Å². The van der Waals surface area contributed by atoms with Gasteiger partial charge in [-0.05, 0) is 0 Å². The van der Waals surface area contributed by atoms with Crippen molar-refractivity contribution in [1.82, 2.24) is 9.97 Å². The van der Waals surface area contributed by atoms with Crippen molar-refractivity contribution in [2.75, 3.05) is 0 Å². The van der Waals surface area contributed by atoms with Crippen molar-refractivity contribution < 1.29 is 26.3 Å². The maximum Gasteiger partial charge on any atom is 0.421 e. The van der Waals surface area contributed by atoms with Gasteiger partial charge in [0.1, 0.15) is 11.1 Å². The van der Waals surface area contributed by atoms with Gasteiger partial charge in [-0.1, -0.05) is 0 Å². The zero-order chi connectivity index (χ0) is 14.5. The molecule has 0 radical (unpaired) electrons. The molecule has 2 rings (SSSR count). The van der Waals surface area contributed by atoms with Crippen molar-refractivity contribution >= 4 is 11.0 Å².